The van der Waals surface area contributed by atoms with Gasteiger partial charge in [-0.15, -0.1) is 0 Å². The van der Waals surface area contributed by atoms with Gasteiger partial charge in [-0.25, -0.2) is 0 Å². The van der Waals surface area contributed by atoms with Crippen molar-refractivity contribution in [2.45, 2.75) is 5.75 Å². The highest BCUT2D eigenvalue weighted by Gasteiger charge is 2.25. The van der Waals surface area contributed by atoms with Gasteiger partial charge in [0.15, 0.2) is 5.17 Å². The SMILES string of the molecule is O=C(c1ccccc1)N1CCN=C1SCc1ccc(Cl)cc1Cl. The van der Waals surface area contributed by atoms with Crippen LogP contribution in [-0.4, -0.2) is 29.1 Å². The molecule has 0 aromatic heterocycles. The largest absolute Gasteiger partial charge is 0.286 e. The molecule has 3 rings (SSSR count). The Labute approximate surface area is 149 Å². The molecule has 6 heteroatoms. The first kappa shape index (κ1) is 16.4. The number of hydrogen-bond acceptors (Lipinski definition) is 3. The van der Waals surface area contributed by atoms with E-state index >= 15 is 0 Å². The molecule has 1 amide bonds. The van der Waals surface area contributed by atoms with Gasteiger partial charge in [-0.05, 0) is 29.8 Å². The van der Waals surface area contributed by atoms with Gasteiger partial charge in [0, 0.05) is 27.9 Å². The molecular weight excluding hydrogens is 351 g/mol. The highest BCUT2D eigenvalue weighted by molar-refractivity contribution is 8.13. The fourth-order valence-electron chi connectivity index (χ4n) is 2.26. The minimum Gasteiger partial charge on any atom is -0.286 e. The number of halogens is 2. The molecule has 118 valence electrons. The van der Waals surface area contributed by atoms with Crippen molar-refractivity contribution in [2.75, 3.05) is 13.1 Å². The van der Waals surface area contributed by atoms with Crippen molar-refractivity contribution in [3.8, 4) is 0 Å². The van der Waals surface area contributed by atoms with Gasteiger partial charge in [0.1, 0.15) is 0 Å². The molecule has 1 heterocycles. The molecule has 0 fully saturated rings. The second-order valence-corrected chi connectivity index (χ2v) is 6.80. The second kappa shape index (κ2) is 7.39. The summed E-state index contributed by atoms with van der Waals surface area (Å²) >= 11 is 13.6. The lowest BCUT2D eigenvalue weighted by atomic mass is 10.2. The van der Waals surface area contributed by atoms with E-state index in [9.17, 15) is 4.79 Å². The summed E-state index contributed by atoms with van der Waals surface area (Å²) in [5.74, 6) is 0.629. The molecule has 23 heavy (non-hydrogen) atoms. The predicted octanol–water partition coefficient (Wildman–Crippen LogP) is 4.74. The summed E-state index contributed by atoms with van der Waals surface area (Å²) in [6.45, 7) is 1.25. The van der Waals surface area contributed by atoms with E-state index in [-0.39, 0.29) is 5.91 Å². The van der Waals surface area contributed by atoms with Crippen LogP contribution in [0, 0.1) is 0 Å². The summed E-state index contributed by atoms with van der Waals surface area (Å²) in [7, 11) is 0. The molecule has 2 aromatic rings. The van der Waals surface area contributed by atoms with E-state index in [0.717, 1.165) is 10.7 Å². The van der Waals surface area contributed by atoms with Crippen LogP contribution in [0.5, 0.6) is 0 Å². The molecule has 3 nitrogen and oxygen atoms in total. The molecule has 0 unspecified atom stereocenters. The normalized spacial score (nSPS) is 14.0. The average Bonchev–Trinajstić information content (AvgIpc) is 3.02. The zero-order valence-electron chi connectivity index (χ0n) is 12.2. The minimum atomic E-state index is -0.0171. The quantitative estimate of drug-likeness (QED) is 0.787. The summed E-state index contributed by atoms with van der Waals surface area (Å²) in [6, 6.07) is 14.7. The zero-order valence-corrected chi connectivity index (χ0v) is 14.5. The summed E-state index contributed by atoms with van der Waals surface area (Å²) in [5.41, 5.74) is 1.65. The zero-order chi connectivity index (χ0) is 16.2. The molecule has 2 aromatic carbocycles. The topological polar surface area (TPSA) is 32.7 Å². The Kier molecular flexibility index (Phi) is 5.26. The van der Waals surface area contributed by atoms with Crippen molar-refractivity contribution in [3.05, 3.63) is 69.7 Å². The maximum absolute atomic E-state index is 12.6. The van der Waals surface area contributed by atoms with E-state index in [4.69, 9.17) is 23.2 Å². The van der Waals surface area contributed by atoms with Gasteiger partial charge in [0.05, 0.1) is 6.54 Å². The fourth-order valence-corrected chi connectivity index (χ4v) is 3.86. The van der Waals surface area contributed by atoms with Crippen LogP contribution in [0.2, 0.25) is 10.0 Å². The number of nitrogens with zero attached hydrogens (tertiary/aromatic N) is 2. The number of benzene rings is 2. The molecule has 0 bridgehead atoms. The molecule has 1 aliphatic heterocycles. The van der Waals surface area contributed by atoms with Gasteiger partial charge < -0.3 is 0 Å². The van der Waals surface area contributed by atoms with E-state index in [1.54, 1.807) is 11.0 Å². The summed E-state index contributed by atoms with van der Waals surface area (Å²) in [4.78, 5) is 18.7. The third kappa shape index (κ3) is 3.89. The lowest BCUT2D eigenvalue weighted by Crippen LogP contribution is -2.32. The van der Waals surface area contributed by atoms with Crippen LogP contribution >= 0.6 is 35.0 Å². The Morgan fingerprint density at radius 2 is 1.96 bits per heavy atom. The molecule has 0 saturated carbocycles. The lowest BCUT2D eigenvalue weighted by molar-refractivity contribution is 0.0860. The fraction of sp³-hybridized carbons (Fsp3) is 0.176. The molecular formula is C17H14Cl2N2OS. The van der Waals surface area contributed by atoms with Crippen molar-refractivity contribution in [3.63, 3.8) is 0 Å². The van der Waals surface area contributed by atoms with Crippen LogP contribution < -0.4 is 0 Å². The summed E-state index contributed by atoms with van der Waals surface area (Å²) in [5, 5.41) is 1.98. The number of carbonyl (C=O) groups excluding carboxylic acids is 1. The highest BCUT2D eigenvalue weighted by atomic mass is 35.5. The van der Waals surface area contributed by atoms with E-state index < -0.39 is 0 Å². The van der Waals surface area contributed by atoms with Crippen LogP contribution in [0.3, 0.4) is 0 Å². The van der Waals surface area contributed by atoms with Crippen LogP contribution in [0.4, 0.5) is 0 Å². The highest BCUT2D eigenvalue weighted by Crippen LogP contribution is 2.27. The molecule has 0 atom stereocenters. The van der Waals surface area contributed by atoms with Crippen molar-refractivity contribution >= 4 is 46.0 Å². The second-order valence-electron chi connectivity index (χ2n) is 5.01. The van der Waals surface area contributed by atoms with Crippen LogP contribution in [0.1, 0.15) is 15.9 Å². The van der Waals surface area contributed by atoms with E-state index in [0.29, 0.717) is 34.5 Å². The van der Waals surface area contributed by atoms with Gasteiger partial charge in [-0.2, -0.15) is 0 Å². The first-order valence-electron chi connectivity index (χ1n) is 7.13. The third-order valence-corrected chi connectivity index (χ3v) is 5.09. The number of hydrogen-bond donors (Lipinski definition) is 0. The van der Waals surface area contributed by atoms with Crippen LogP contribution in [0.15, 0.2) is 53.5 Å². The van der Waals surface area contributed by atoms with Crippen molar-refractivity contribution in [1.82, 2.24) is 4.90 Å². The maximum Gasteiger partial charge on any atom is 0.259 e. The number of carbonyl (C=O) groups is 1. The Balaban J connectivity index is 1.69. The third-order valence-electron chi connectivity index (χ3n) is 3.44. The van der Waals surface area contributed by atoms with E-state index in [2.05, 4.69) is 4.99 Å². The monoisotopic (exact) mass is 364 g/mol. The van der Waals surface area contributed by atoms with Crippen molar-refractivity contribution in [2.24, 2.45) is 4.99 Å². The van der Waals surface area contributed by atoms with E-state index in [1.165, 1.54) is 11.8 Å². The lowest BCUT2D eigenvalue weighted by Gasteiger charge is -2.18. The standard InChI is InChI=1S/C17H14Cl2N2OS/c18-14-7-6-13(15(19)10-14)11-23-17-20-8-9-21(17)16(22)12-4-2-1-3-5-12/h1-7,10H,8-9,11H2. The predicted molar refractivity (Wildman–Crippen MR) is 97.5 cm³/mol. The molecule has 0 radical (unpaired) electrons. The van der Waals surface area contributed by atoms with Crippen LogP contribution in [0.25, 0.3) is 0 Å². The number of amidine groups is 1. The smallest absolute Gasteiger partial charge is 0.259 e. The average molecular weight is 365 g/mol. The van der Waals surface area contributed by atoms with Gasteiger partial charge in [0.25, 0.3) is 5.91 Å². The molecule has 1 aliphatic rings. The number of rotatable bonds is 3. The minimum absolute atomic E-state index is 0.0171. The van der Waals surface area contributed by atoms with Gasteiger partial charge in [-0.3, -0.25) is 14.7 Å². The molecule has 0 aliphatic carbocycles. The first-order chi connectivity index (χ1) is 11.1. The van der Waals surface area contributed by atoms with Crippen LogP contribution in [-0.2, 0) is 5.75 Å². The summed E-state index contributed by atoms with van der Waals surface area (Å²) in [6.07, 6.45) is 0. The van der Waals surface area contributed by atoms with Gasteiger partial charge >= 0.3 is 0 Å². The van der Waals surface area contributed by atoms with E-state index in [1.807, 2.05) is 42.5 Å². The number of aliphatic imine (C=N–C) groups is 1. The van der Waals surface area contributed by atoms with Gasteiger partial charge in [-0.1, -0.05) is 59.2 Å². The molecule has 0 saturated heterocycles. The van der Waals surface area contributed by atoms with Crippen molar-refractivity contribution in [1.29, 1.82) is 0 Å². The molecule has 0 spiro atoms. The molecule has 0 N–H and O–H groups in total. The Hall–Kier alpha value is -1.49. The number of amides is 1. The Morgan fingerprint density at radius 3 is 2.70 bits per heavy atom. The Bertz CT molecular complexity index is 750. The Morgan fingerprint density at radius 1 is 1.17 bits per heavy atom. The first-order valence-corrected chi connectivity index (χ1v) is 8.87. The maximum atomic E-state index is 12.6. The van der Waals surface area contributed by atoms with Gasteiger partial charge in [0.2, 0.25) is 0 Å². The summed E-state index contributed by atoms with van der Waals surface area (Å²) < 4.78 is 0. The number of thioether (sulfide) groups is 1. The van der Waals surface area contributed by atoms with Crippen molar-refractivity contribution < 1.29 is 4.79 Å².